The standard InChI is InChI=1S/C38H26N2O4/c39-34-19-15-29(23-36(34)41)43-28-14-13-27-21-38(44-30-16-20-35(40)37(42)24-30)32(18-12-26-9-5-2-6-10-26)31(33(27)22-28)17-11-25-7-3-1-4-8-25/h1-10,13-16,19-24,41-42H,39-40H2. The fourth-order valence-corrected chi connectivity index (χ4v) is 4.50. The number of nitrogen functional groups attached to an aromatic ring is 2. The predicted octanol–water partition coefficient (Wildman–Crippen LogP) is 7.80. The van der Waals surface area contributed by atoms with Crippen molar-refractivity contribution >= 4 is 22.1 Å². The van der Waals surface area contributed by atoms with E-state index < -0.39 is 0 Å². The van der Waals surface area contributed by atoms with Gasteiger partial charge in [-0.25, -0.2) is 0 Å². The second-order valence-corrected chi connectivity index (χ2v) is 9.89. The highest BCUT2D eigenvalue weighted by molar-refractivity contribution is 5.94. The zero-order valence-corrected chi connectivity index (χ0v) is 23.4. The Morgan fingerprint density at radius 1 is 0.477 bits per heavy atom. The first-order valence-electron chi connectivity index (χ1n) is 13.7. The molecule has 0 aliphatic heterocycles. The van der Waals surface area contributed by atoms with Crippen molar-refractivity contribution in [3.8, 4) is 58.2 Å². The highest BCUT2D eigenvalue weighted by Crippen LogP contribution is 2.38. The number of hydrogen-bond acceptors (Lipinski definition) is 6. The summed E-state index contributed by atoms with van der Waals surface area (Å²) in [7, 11) is 0. The number of benzene rings is 6. The van der Waals surface area contributed by atoms with Crippen molar-refractivity contribution in [3.05, 3.63) is 144 Å². The number of rotatable bonds is 4. The van der Waals surface area contributed by atoms with E-state index >= 15 is 0 Å². The predicted molar refractivity (Wildman–Crippen MR) is 174 cm³/mol. The van der Waals surface area contributed by atoms with Gasteiger partial charge < -0.3 is 31.2 Å². The van der Waals surface area contributed by atoms with E-state index in [0.717, 1.165) is 21.9 Å². The van der Waals surface area contributed by atoms with Gasteiger partial charge in [0.2, 0.25) is 0 Å². The molecule has 6 N–H and O–H groups in total. The number of fused-ring (bicyclic) bond motifs is 1. The fraction of sp³-hybridized carbons (Fsp3) is 0. The SMILES string of the molecule is Nc1ccc(Oc2ccc3cc(Oc4ccc(N)c(O)c4)c(C#Cc4ccccc4)c(C#Cc4ccccc4)c3c2)cc1O. The molecule has 212 valence electrons. The number of phenols is 2. The van der Waals surface area contributed by atoms with Crippen molar-refractivity contribution in [2.75, 3.05) is 11.5 Å². The molecule has 0 saturated carbocycles. The molecule has 0 atom stereocenters. The van der Waals surface area contributed by atoms with Crippen LogP contribution in [0.5, 0.6) is 34.5 Å². The van der Waals surface area contributed by atoms with Crippen LogP contribution in [0.3, 0.4) is 0 Å². The van der Waals surface area contributed by atoms with Crippen molar-refractivity contribution < 1.29 is 19.7 Å². The lowest BCUT2D eigenvalue weighted by Gasteiger charge is -2.14. The zero-order chi connectivity index (χ0) is 30.5. The normalized spacial score (nSPS) is 10.3. The summed E-state index contributed by atoms with van der Waals surface area (Å²) < 4.78 is 12.4. The molecule has 0 radical (unpaired) electrons. The van der Waals surface area contributed by atoms with Gasteiger partial charge in [0, 0.05) is 28.6 Å². The Hall–Kier alpha value is -6.50. The Bertz CT molecular complexity index is 2120. The van der Waals surface area contributed by atoms with Crippen LogP contribution in [0, 0.1) is 23.7 Å². The topological polar surface area (TPSA) is 111 Å². The minimum Gasteiger partial charge on any atom is -0.506 e. The summed E-state index contributed by atoms with van der Waals surface area (Å²) in [6.07, 6.45) is 0. The summed E-state index contributed by atoms with van der Waals surface area (Å²) in [4.78, 5) is 0. The van der Waals surface area contributed by atoms with E-state index in [1.165, 1.54) is 12.1 Å². The fourth-order valence-electron chi connectivity index (χ4n) is 4.50. The number of phenolic OH excluding ortho intramolecular Hbond substituents is 2. The first-order valence-corrected chi connectivity index (χ1v) is 13.7. The quantitative estimate of drug-likeness (QED) is 0.0971. The molecule has 6 aromatic carbocycles. The van der Waals surface area contributed by atoms with Gasteiger partial charge >= 0.3 is 0 Å². The molecule has 0 amide bonds. The number of anilines is 2. The molecule has 6 rings (SSSR count). The summed E-state index contributed by atoms with van der Waals surface area (Å²) in [6.45, 7) is 0. The van der Waals surface area contributed by atoms with E-state index in [9.17, 15) is 10.2 Å². The van der Waals surface area contributed by atoms with Crippen LogP contribution in [-0.4, -0.2) is 10.2 Å². The van der Waals surface area contributed by atoms with Crippen LogP contribution in [-0.2, 0) is 0 Å². The average molecular weight is 575 g/mol. The summed E-state index contributed by atoms with van der Waals surface area (Å²) in [5.41, 5.74) is 15.0. The largest absolute Gasteiger partial charge is 0.506 e. The number of ether oxygens (including phenoxy) is 2. The van der Waals surface area contributed by atoms with Gasteiger partial charge in [0.15, 0.2) is 0 Å². The first kappa shape index (κ1) is 27.7. The second kappa shape index (κ2) is 12.2. The highest BCUT2D eigenvalue weighted by Gasteiger charge is 2.16. The molecule has 0 aliphatic rings. The third kappa shape index (κ3) is 6.21. The van der Waals surface area contributed by atoms with Gasteiger partial charge in [-0.15, -0.1) is 0 Å². The van der Waals surface area contributed by atoms with E-state index in [-0.39, 0.29) is 22.9 Å². The molecular weight excluding hydrogens is 548 g/mol. The van der Waals surface area contributed by atoms with Crippen LogP contribution in [0.2, 0.25) is 0 Å². The lowest BCUT2D eigenvalue weighted by molar-refractivity contribution is 0.455. The van der Waals surface area contributed by atoms with Crippen LogP contribution in [0.4, 0.5) is 11.4 Å². The third-order valence-corrected chi connectivity index (χ3v) is 6.76. The molecule has 6 heteroatoms. The molecular formula is C38H26N2O4. The minimum atomic E-state index is -0.0835. The Labute approximate surface area is 254 Å². The molecule has 0 aromatic heterocycles. The van der Waals surface area contributed by atoms with Gasteiger partial charge in [0.25, 0.3) is 0 Å². The highest BCUT2D eigenvalue weighted by atomic mass is 16.5. The summed E-state index contributed by atoms with van der Waals surface area (Å²) in [5, 5.41) is 21.9. The Morgan fingerprint density at radius 3 is 1.55 bits per heavy atom. The molecule has 0 fully saturated rings. The Balaban J connectivity index is 1.56. The van der Waals surface area contributed by atoms with Gasteiger partial charge in [-0.1, -0.05) is 66.1 Å². The second-order valence-electron chi connectivity index (χ2n) is 9.89. The van der Waals surface area contributed by atoms with E-state index in [1.807, 2.05) is 84.9 Å². The van der Waals surface area contributed by atoms with Crippen LogP contribution >= 0.6 is 0 Å². The van der Waals surface area contributed by atoms with Crippen LogP contribution < -0.4 is 20.9 Å². The molecule has 0 bridgehead atoms. The van der Waals surface area contributed by atoms with Gasteiger partial charge in [-0.3, -0.25) is 0 Å². The van der Waals surface area contributed by atoms with E-state index in [2.05, 4.69) is 23.7 Å². The Morgan fingerprint density at radius 2 is 0.977 bits per heavy atom. The number of hydrogen-bond donors (Lipinski definition) is 4. The number of nitrogens with two attached hydrogens (primary N) is 2. The van der Waals surface area contributed by atoms with Crippen LogP contribution in [0.15, 0.2) is 121 Å². The lowest BCUT2D eigenvalue weighted by Crippen LogP contribution is -1.96. The molecule has 6 nitrogen and oxygen atoms in total. The van der Waals surface area contributed by atoms with Crippen molar-refractivity contribution in [1.82, 2.24) is 0 Å². The van der Waals surface area contributed by atoms with Gasteiger partial charge in [-0.05, 0) is 72.1 Å². The van der Waals surface area contributed by atoms with Crippen LogP contribution in [0.1, 0.15) is 22.3 Å². The lowest BCUT2D eigenvalue weighted by atomic mass is 9.97. The zero-order valence-electron chi connectivity index (χ0n) is 23.4. The van der Waals surface area contributed by atoms with E-state index in [1.54, 1.807) is 24.3 Å². The van der Waals surface area contributed by atoms with Crippen LogP contribution in [0.25, 0.3) is 10.8 Å². The Kier molecular flexibility index (Phi) is 7.65. The molecule has 0 heterocycles. The maximum absolute atomic E-state index is 10.2. The maximum atomic E-state index is 10.2. The average Bonchev–Trinajstić information content (AvgIpc) is 3.04. The molecule has 0 unspecified atom stereocenters. The summed E-state index contributed by atoms with van der Waals surface area (Å²) in [5.74, 6) is 14.8. The maximum Gasteiger partial charge on any atom is 0.144 e. The van der Waals surface area contributed by atoms with Gasteiger partial charge in [0.1, 0.15) is 34.5 Å². The third-order valence-electron chi connectivity index (χ3n) is 6.76. The molecule has 0 aliphatic carbocycles. The van der Waals surface area contributed by atoms with Crippen molar-refractivity contribution in [2.45, 2.75) is 0 Å². The smallest absolute Gasteiger partial charge is 0.144 e. The summed E-state index contributed by atoms with van der Waals surface area (Å²) in [6, 6.07) is 36.2. The van der Waals surface area contributed by atoms with Crippen molar-refractivity contribution in [2.24, 2.45) is 0 Å². The number of aromatic hydroxyl groups is 2. The molecule has 0 spiro atoms. The first-order chi connectivity index (χ1) is 21.4. The molecule has 0 saturated heterocycles. The summed E-state index contributed by atoms with van der Waals surface area (Å²) >= 11 is 0. The molecule has 44 heavy (non-hydrogen) atoms. The van der Waals surface area contributed by atoms with Crippen molar-refractivity contribution in [1.29, 1.82) is 0 Å². The van der Waals surface area contributed by atoms with E-state index in [4.69, 9.17) is 20.9 Å². The minimum absolute atomic E-state index is 0.0633. The van der Waals surface area contributed by atoms with E-state index in [0.29, 0.717) is 34.1 Å². The van der Waals surface area contributed by atoms with Crippen molar-refractivity contribution in [3.63, 3.8) is 0 Å². The van der Waals surface area contributed by atoms with Gasteiger partial charge in [-0.2, -0.15) is 0 Å². The molecule has 6 aromatic rings. The monoisotopic (exact) mass is 574 g/mol. The van der Waals surface area contributed by atoms with Gasteiger partial charge in [0.05, 0.1) is 22.5 Å².